The van der Waals surface area contributed by atoms with Crippen molar-refractivity contribution in [1.29, 1.82) is 0 Å². The second-order valence-electron chi connectivity index (χ2n) is 5.77. The summed E-state index contributed by atoms with van der Waals surface area (Å²) in [5.41, 5.74) is 3.14. The van der Waals surface area contributed by atoms with E-state index in [1.807, 2.05) is 54.7 Å². The molecule has 0 fully saturated rings. The van der Waals surface area contributed by atoms with Crippen molar-refractivity contribution < 1.29 is 9.84 Å². The molecule has 0 aromatic heterocycles. The van der Waals surface area contributed by atoms with E-state index in [0.29, 0.717) is 17.3 Å². The molecule has 5 heteroatoms. The number of nitrogens with zero attached hydrogens (tertiary/aromatic N) is 1. The smallest absolute Gasteiger partial charge is 0.137 e. The van der Waals surface area contributed by atoms with Crippen LogP contribution in [0.25, 0.3) is 5.57 Å². The number of hydrogen-bond donors (Lipinski definition) is 1. The average Bonchev–Trinajstić information content (AvgIpc) is 2.63. The maximum absolute atomic E-state index is 9.88. The highest BCUT2D eigenvalue weighted by Crippen LogP contribution is 2.31. The predicted molar refractivity (Wildman–Crippen MR) is 103 cm³/mol. The molecule has 0 bridgehead atoms. The van der Waals surface area contributed by atoms with Gasteiger partial charge < -0.3 is 14.7 Å². The molecular weight excluding hydrogens is 357 g/mol. The molecule has 1 aliphatic rings. The number of halogens is 2. The molecule has 0 amide bonds. The summed E-state index contributed by atoms with van der Waals surface area (Å²) in [5, 5.41) is 11.1. The first kappa shape index (κ1) is 17.9. The Morgan fingerprint density at radius 1 is 1.20 bits per heavy atom. The number of methoxy groups -OCH3 is 1. The van der Waals surface area contributed by atoms with Gasteiger partial charge >= 0.3 is 0 Å². The molecule has 0 saturated heterocycles. The van der Waals surface area contributed by atoms with Crippen molar-refractivity contribution in [2.75, 3.05) is 20.3 Å². The molecule has 1 unspecified atom stereocenters. The van der Waals surface area contributed by atoms with Crippen molar-refractivity contribution >= 4 is 28.8 Å². The topological polar surface area (TPSA) is 32.7 Å². The number of hydrogen-bond acceptors (Lipinski definition) is 3. The van der Waals surface area contributed by atoms with Gasteiger partial charge in [-0.05, 0) is 47.0 Å². The minimum absolute atomic E-state index is 0.00661. The molecule has 25 heavy (non-hydrogen) atoms. The molecule has 2 aromatic carbocycles. The minimum atomic E-state index is -0.170. The van der Waals surface area contributed by atoms with Crippen molar-refractivity contribution in [2.45, 2.75) is 6.04 Å². The second-order valence-corrected chi connectivity index (χ2v) is 6.62. The Labute approximate surface area is 157 Å². The third-order valence-corrected chi connectivity index (χ3v) is 4.79. The van der Waals surface area contributed by atoms with Gasteiger partial charge in [-0.2, -0.15) is 0 Å². The molecule has 1 aliphatic heterocycles. The lowest BCUT2D eigenvalue weighted by Gasteiger charge is -2.31. The summed E-state index contributed by atoms with van der Waals surface area (Å²) < 4.78 is 5.19. The van der Waals surface area contributed by atoms with Crippen LogP contribution in [-0.4, -0.2) is 30.3 Å². The lowest BCUT2D eigenvalue weighted by molar-refractivity contribution is 0.174. The van der Waals surface area contributed by atoms with Crippen molar-refractivity contribution in [3.05, 3.63) is 82.0 Å². The minimum Gasteiger partial charge on any atom is -0.495 e. The van der Waals surface area contributed by atoms with Gasteiger partial charge in [0.05, 0.1) is 24.8 Å². The van der Waals surface area contributed by atoms with Gasteiger partial charge in [-0.15, -0.1) is 0 Å². The number of allylic oxidation sites excluding steroid dienone is 2. The monoisotopic (exact) mass is 375 g/mol. The van der Waals surface area contributed by atoms with Gasteiger partial charge in [-0.25, -0.2) is 0 Å². The normalized spacial score (nSPS) is 15.0. The van der Waals surface area contributed by atoms with Gasteiger partial charge in [0.1, 0.15) is 5.75 Å². The summed E-state index contributed by atoms with van der Waals surface area (Å²) in [5.74, 6) is 0.624. The zero-order chi connectivity index (χ0) is 17.8. The largest absolute Gasteiger partial charge is 0.495 e. The molecule has 1 N–H and O–H groups in total. The van der Waals surface area contributed by atoms with E-state index in [9.17, 15) is 5.11 Å². The molecule has 1 atom stereocenters. The van der Waals surface area contributed by atoms with Crippen LogP contribution in [0.4, 0.5) is 0 Å². The zero-order valence-electron chi connectivity index (χ0n) is 13.8. The highest BCUT2D eigenvalue weighted by Gasteiger charge is 2.19. The molecule has 2 aromatic rings. The summed E-state index contributed by atoms with van der Waals surface area (Å²) in [4.78, 5) is 2.08. The SMILES string of the molecule is COc1ccc(C(CO)N2C=CC(c3cccc(Cl)c3)=CC2)cc1Cl. The molecule has 1 heterocycles. The maximum Gasteiger partial charge on any atom is 0.137 e. The Morgan fingerprint density at radius 2 is 2.04 bits per heavy atom. The van der Waals surface area contributed by atoms with Crippen LogP contribution in [0.15, 0.2) is 60.8 Å². The molecule has 0 radical (unpaired) electrons. The molecule has 0 spiro atoms. The quantitative estimate of drug-likeness (QED) is 0.802. The van der Waals surface area contributed by atoms with E-state index in [0.717, 1.165) is 21.7 Å². The molecule has 0 saturated carbocycles. The third-order valence-electron chi connectivity index (χ3n) is 4.26. The maximum atomic E-state index is 9.88. The van der Waals surface area contributed by atoms with E-state index in [1.54, 1.807) is 7.11 Å². The Morgan fingerprint density at radius 3 is 2.64 bits per heavy atom. The molecule has 3 rings (SSSR count). The van der Waals surface area contributed by atoms with Gasteiger partial charge in [0.25, 0.3) is 0 Å². The Kier molecular flexibility index (Phi) is 5.69. The van der Waals surface area contributed by atoms with Crippen molar-refractivity contribution in [3.8, 4) is 5.75 Å². The van der Waals surface area contributed by atoms with E-state index >= 15 is 0 Å². The van der Waals surface area contributed by atoms with Crippen molar-refractivity contribution in [2.24, 2.45) is 0 Å². The summed E-state index contributed by atoms with van der Waals surface area (Å²) in [7, 11) is 1.58. The summed E-state index contributed by atoms with van der Waals surface area (Å²) in [6.45, 7) is 0.681. The van der Waals surface area contributed by atoms with E-state index in [1.165, 1.54) is 0 Å². The fraction of sp³-hybridized carbons (Fsp3) is 0.200. The van der Waals surface area contributed by atoms with Crippen LogP contribution >= 0.6 is 23.2 Å². The van der Waals surface area contributed by atoms with E-state index in [2.05, 4.69) is 11.0 Å². The van der Waals surface area contributed by atoms with E-state index < -0.39 is 0 Å². The molecular formula is C20H19Cl2NO2. The van der Waals surface area contributed by atoms with Crippen LogP contribution in [0.3, 0.4) is 0 Å². The van der Waals surface area contributed by atoms with Crippen LogP contribution in [0.2, 0.25) is 10.0 Å². The van der Waals surface area contributed by atoms with Crippen molar-refractivity contribution in [1.82, 2.24) is 4.90 Å². The lowest BCUT2D eigenvalue weighted by atomic mass is 10.0. The molecule has 0 aliphatic carbocycles. The summed E-state index contributed by atoms with van der Waals surface area (Å²) in [6, 6.07) is 13.2. The number of aliphatic hydroxyl groups is 1. The molecule has 3 nitrogen and oxygen atoms in total. The predicted octanol–water partition coefficient (Wildman–Crippen LogP) is 4.95. The summed E-state index contributed by atoms with van der Waals surface area (Å²) >= 11 is 12.3. The Hall–Kier alpha value is -1.94. The van der Waals surface area contributed by atoms with Crippen LogP contribution < -0.4 is 4.74 Å². The van der Waals surface area contributed by atoms with Gasteiger partial charge in [0, 0.05) is 17.8 Å². The third kappa shape index (κ3) is 4.01. The zero-order valence-corrected chi connectivity index (χ0v) is 15.3. The van der Waals surface area contributed by atoms with Crippen LogP contribution in [0, 0.1) is 0 Å². The number of aliphatic hydroxyl groups excluding tert-OH is 1. The van der Waals surface area contributed by atoms with E-state index in [-0.39, 0.29) is 12.6 Å². The van der Waals surface area contributed by atoms with Gasteiger partial charge in [-0.1, -0.05) is 47.5 Å². The second kappa shape index (κ2) is 7.96. The first-order valence-electron chi connectivity index (χ1n) is 7.96. The first-order chi connectivity index (χ1) is 12.1. The number of ether oxygens (including phenoxy) is 1. The van der Waals surface area contributed by atoms with Crippen LogP contribution in [-0.2, 0) is 0 Å². The van der Waals surface area contributed by atoms with E-state index in [4.69, 9.17) is 27.9 Å². The number of benzene rings is 2. The Balaban J connectivity index is 1.78. The fourth-order valence-electron chi connectivity index (χ4n) is 2.91. The highest BCUT2D eigenvalue weighted by molar-refractivity contribution is 6.32. The standard InChI is InChI=1S/C20H19Cl2NO2/c1-25-20-6-5-16(12-18(20)22)19(13-24)23-9-7-14(8-10-23)15-3-2-4-17(21)11-15/h2-9,11-12,19,24H,10,13H2,1H3. The lowest BCUT2D eigenvalue weighted by Crippen LogP contribution is -2.28. The first-order valence-corrected chi connectivity index (χ1v) is 8.72. The van der Waals surface area contributed by atoms with Gasteiger partial charge in [0.15, 0.2) is 0 Å². The van der Waals surface area contributed by atoms with Gasteiger partial charge in [-0.3, -0.25) is 0 Å². The number of rotatable bonds is 5. The van der Waals surface area contributed by atoms with Crippen molar-refractivity contribution in [3.63, 3.8) is 0 Å². The highest BCUT2D eigenvalue weighted by atomic mass is 35.5. The average molecular weight is 376 g/mol. The Bertz CT molecular complexity index is 817. The summed E-state index contributed by atoms with van der Waals surface area (Å²) in [6.07, 6.45) is 6.15. The van der Waals surface area contributed by atoms with Gasteiger partial charge in [0.2, 0.25) is 0 Å². The van der Waals surface area contributed by atoms with Crippen LogP contribution in [0.5, 0.6) is 5.75 Å². The molecule has 130 valence electrons. The van der Waals surface area contributed by atoms with Crippen LogP contribution in [0.1, 0.15) is 17.2 Å². The fourth-order valence-corrected chi connectivity index (χ4v) is 3.37.